The maximum absolute atomic E-state index is 14.0. The van der Waals surface area contributed by atoms with Crippen molar-refractivity contribution in [3.8, 4) is 0 Å². The quantitative estimate of drug-likeness (QED) is 0.559. The van der Waals surface area contributed by atoms with E-state index in [0.717, 1.165) is 36.9 Å². The molecule has 0 unspecified atom stereocenters. The van der Waals surface area contributed by atoms with Crippen molar-refractivity contribution in [1.29, 1.82) is 0 Å². The van der Waals surface area contributed by atoms with Crippen LogP contribution in [0.4, 0.5) is 0 Å². The van der Waals surface area contributed by atoms with Crippen molar-refractivity contribution in [2.75, 3.05) is 26.7 Å². The summed E-state index contributed by atoms with van der Waals surface area (Å²) in [6.07, 6.45) is 2.49. The molecule has 1 aromatic heterocycles. The summed E-state index contributed by atoms with van der Waals surface area (Å²) >= 11 is 0. The topological polar surface area (TPSA) is 97.7 Å². The molecule has 3 heterocycles. The SMILES string of the molecule is COC(=O)c1ccccc1S(=O)(=O)n1c2c(c3cc(C(=O)N4CCC(C)CC4)ccc31)CNCC2. The minimum atomic E-state index is -4.12. The molecule has 9 heteroatoms. The summed E-state index contributed by atoms with van der Waals surface area (Å²) in [5.41, 5.74) is 2.60. The highest BCUT2D eigenvalue weighted by atomic mass is 32.2. The lowest BCUT2D eigenvalue weighted by Gasteiger charge is -2.30. The molecule has 2 aliphatic heterocycles. The molecule has 0 atom stereocenters. The fourth-order valence-electron chi connectivity index (χ4n) is 5.12. The number of methoxy groups -OCH3 is 1. The number of hydrogen-bond donors (Lipinski definition) is 1. The summed E-state index contributed by atoms with van der Waals surface area (Å²) in [7, 11) is -2.89. The van der Waals surface area contributed by atoms with Crippen LogP contribution in [-0.4, -0.2) is 55.9 Å². The molecule has 0 spiro atoms. The van der Waals surface area contributed by atoms with Gasteiger partial charge in [0, 0.05) is 49.2 Å². The van der Waals surface area contributed by atoms with Crippen LogP contribution in [0.1, 0.15) is 51.7 Å². The average Bonchev–Trinajstić information content (AvgIpc) is 3.22. The zero-order valence-corrected chi connectivity index (χ0v) is 20.7. The number of fused-ring (bicyclic) bond motifs is 3. The number of hydrogen-bond acceptors (Lipinski definition) is 6. The van der Waals surface area contributed by atoms with E-state index in [9.17, 15) is 18.0 Å². The highest BCUT2D eigenvalue weighted by Gasteiger charge is 2.32. The molecule has 0 radical (unpaired) electrons. The molecule has 35 heavy (non-hydrogen) atoms. The molecular weight excluding hydrogens is 466 g/mol. The second kappa shape index (κ2) is 9.13. The second-order valence-electron chi connectivity index (χ2n) is 9.32. The van der Waals surface area contributed by atoms with Crippen molar-refractivity contribution < 1.29 is 22.7 Å². The minimum absolute atomic E-state index is 0.00865. The molecule has 0 saturated carbocycles. The van der Waals surface area contributed by atoms with E-state index in [0.29, 0.717) is 42.2 Å². The van der Waals surface area contributed by atoms with Gasteiger partial charge in [0.15, 0.2) is 0 Å². The summed E-state index contributed by atoms with van der Waals surface area (Å²) in [6.45, 7) is 4.81. The fourth-order valence-corrected chi connectivity index (χ4v) is 6.90. The van der Waals surface area contributed by atoms with Crippen LogP contribution in [0.15, 0.2) is 47.4 Å². The number of likely N-dealkylation sites (tertiary alicyclic amines) is 1. The first-order valence-corrected chi connectivity index (χ1v) is 13.4. The van der Waals surface area contributed by atoms with Gasteiger partial charge in [-0.2, -0.15) is 0 Å². The van der Waals surface area contributed by atoms with Gasteiger partial charge in [0.2, 0.25) is 0 Å². The van der Waals surface area contributed by atoms with Gasteiger partial charge in [-0.25, -0.2) is 17.2 Å². The standard InChI is InChI=1S/C26H29N3O5S/c1-17-10-13-28(14-11-17)25(30)18-7-8-22-20(15-18)21-16-27-12-9-23(21)29(22)35(32,33)24-6-4-3-5-19(24)26(31)34-2/h3-8,15,17,27H,9-14,16H2,1-2H3. The van der Waals surface area contributed by atoms with Crippen LogP contribution in [0.5, 0.6) is 0 Å². The van der Waals surface area contributed by atoms with Crippen LogP contribution in [0, 0.1) is 5.92 Å². The van der Waals surface area contributed by atoms with Gasteiger partial charge in [-0.3, -0.25) is 4.79 Å². The first kappa shape index (κ1) is 23.6. The van der Waals surface area contributed by atoms with Gasteiger partial charge >= 0.3 is 5.97 Å². The largest absolute Gasteiger partial charge is 0.465 e. The Kier molecular flexibility index (Phi) is 6.14. The number of piperidine rings is 1. The van der Waals surface area contributed by atoms with Gasteiger partial charge in [0.25, 0.3) is 15.9 Å². The van der Waals surface area contributed by atoms with Crippen LogP contribution in [0.3, 0.4) is 0 Å². The number of carbonyl (C=O) groups excluding carboxylic acids is 2. The fraction of sp³-hybridized carbons (Fsp3) is 0.385. The van der Waals surface area contributed by atoms with Crippen molar-refractivity contribution in [2.24, 2.45) is 5.92 Å². The van der Waals surface area contributed by atoms with E-state index in [2.05, 4.69) is 12.2 Å². The van der Waals surface area contributed by atoms with E-state index in [1.54, 1.807) is 24.3 Å². The number of carbonyl (C=O) groups is 2. The van der Waals surface area contributed by atoms with E-state index >= 15 is 0 Å². The van der Waals surface area contributed by atoms with E-state index in [4.69, 9.17) is 4.74 Å². The lowest BCUT2D eigenvalue weighted by molar-refractivity contribution is 0.0595. The number of aromatic nitrogens is 1. The highest BCUT2D eigenvalue weighted by molar-refractivity contribution is 7.90. The Balaban J connectivity index is 1.65. The molecule has 3 aromatic rings. The lowest BCUT2D eigenvalue weighted by atomic mass is 9.98. The molecule has 1 N–H and O–H groups in total. The Morgan fingerprint density at radius 2 is 1.83 bits per heavy atom. The van der Waals surface area contributed by atoms with Gasteiger partial charge < -0.3 is 15.0 Å². The van der Waals surface area contributed by atoms with Crippen LogP contribution < -0.4 is 5.32 Å². The average molecular weight is 496 g/mol. The third-order valence-corrected chi connectivity index (χ3v) is 8.91. The van der Waals surface area contributed by atoms with E-state index < -0.39 is 16.0 Å². The van der Waals surface area contributed by atoms with E-state index in [1.807, 2.05) is 11.0 Å². The predicted octanol–water partition coefficient (Wildman–Crippen LogP) is 3.18. The predicted molar refractivity (Wildman–Crippen MR) is 132 cm³/mol. The second-order valence-corrected chi connectivity index (χ2v) is 11.1. The molecule has 0 aliphatic carbocycles. The number of esters is 1. The Hall–Kier alpha value is -3.17. The van der Waals surface area contributed by atoms with Gasteiger partial charge in [-0.15, -0.1) is 0 Å². The molecule has 8 nitrogen and oxygen atoms in total. The highest BCUT2D eigenvalue weighted by Crippen LogP contribution is 2.34. The maximum atomic E-state index is 14.0. The number of benzene rings is 2. The summed E-state index contributed by atoms with van der Waals surface area (Å²) < 4.78 is 34.1. The number of rotatable bonds is 4. The van der Waals surface area contributed by atoms with E-state index in [-0.39, 0.29) is 16.4 Å². The molecule has 1 saturated heterocycles. The van der Waals surface area contributed by atoms with Crippen molar-refractivity contribution >= 4 is 32.8 Å². The Morgan fingerprint density at radius 1 is 1.09 bits per heavy atom. The van der Waals surface area contributed by atoms with Crippen LogP contribution in [0.25, 0.3) is 10.9 Å². The van der Waals surface area contributed by atoms with Crippen LogP contribution in [-0.2, 0) is 27.7 Å². The van der Waals surface area contributed by atoms with Crippen molar-refractivity contribution in [3.05, 3.63) is 64.8 Å². The minimum Gasteiger partial charge on any atom is -0.465 e. The summed E-state index contributed by atoms with van der Waals surface area (Å²) in [4.78, 5) is 27.4. The zero-order chi connectivity index (χ0) is 24.7. The van der Waals surface area contributed by atoms with Gasteiger partial charge in [0.05, 0.1) is 18.2 Å². The smallest absolute Gasteiger partial charge is 0.339 e. The van der Waals surface area contributed by atoms with E-state index in [1.165, 1.54) is 23.2 Å². The molecule has 0 bridgehead atoms. The number of amides is 1. The third kappa shape index (κ3) is 4.02. The number of nitrogens with zero attached hydrogens (tertiary/aromatic N) is 2. The van der Waals surface area contributed by atoms with Gasteiger partial charge in [-0.1, -0.05) is 19.1 Å². The Morgan fingerprint density at radius 3 is 2.57 bits per heavy atom. The monoisotopic (exact) mass is 495 g/mol. The lowest BCUT2D eigenvalue weighted by Crippen LogP contribution is -2.37. The molecular formula is C26H29N3O5S. The molecule has 1 fully saturated rings. The summed E-state index contributed by atoms with van der Waals surface area (Å²) in [6, 6.07) is 11.3. The third-order valence-electron chi connectivity index (χ3n) is 7.10. The summed E-state index contributed by atoms with van der Waals surface area (Å²) in [5, 5.41) is 4.05. The molecule has 184 valence electrons. The van der Waals surface area contributed by atoms with Crippen molar-refractivity contribution in [1.82, 2.24) is 14.2 Å². The Labute approximate surface area is 204 Å². The first-order chi connectivity index (χ1) is 16.8. The van der Waals surface area contributed by atoms with Crippen molar-refractivity contribution in [3.63, 3.8) is 0 Å². The number of nitrogens with one attached hydrogen (secondary N) is 1. The normalized spacial score (nSPS) is 16.8. The maximum Gasteiger partial charge on any atom is 0.339 e. The molecule has 2 aliphatic rings. The molecule has 5 rings (SSSR count). The van der Waals surface area contributed by atoms with Crippen molar-refractivity contribution in [2.45, 2.75) is 37.6 Å². The Bertz CT molecular complexity index is 1420. The molecule has 2 aromatic carbocycles. The van der Waals surface area contributed by atoms with Gasteiger partial charge in [0.1, 0.15) is 4.90 Å². The van der Waals surface area contributed by atoms with Gasteiger partial charge in [-0.05, 0) is 54.7 Å². The zero-order valence-electron chi connectivity index (χ0n) is 19.9. The molecule has 1 amide bonds. The van der Waals surface area contributed by atoms with Crippen LogP contribution in [0.2, 0.25) is 0 Å². The first-order valence-electron chi connectivity index (χ1n) is 11.9. The summed E-state index contributed by atoms with van der Waals surface area (Å²) in [5.74, 6) is -0.116. The van der Waals surface area contributed by atoms with Crippen LogP contribution >= 0.6 is 0 Å². The number of ether oxygens (including phenoxy) is 1.